The molecule has 20 heavy (non-hydrogen) atoms. The van der Waals surface area contributed by atoms with Gasteiger partial charge in [0.1, 0.15) is 6.54 Å². The number of carboxylic acid groups (broad SMARTS) is 1. The van der Waals surface area contributed by atoms with Crippen LogP contribution >= 0.6 is 0 Å². The van der Waals surface area contributed by atoms with E-state index in [1.54, 1.807) is 0 Å². The highest BCUT2D eigenvalue weighted by Crippen LogP contribution is 2.20. The summed E-state index contributed by atoms with van der Waals surface area (Å²) in [4.78, 5) is 34.1. The maximum atomic E-state index is 11.6. The molecule has 0 aromatic heterocycles. The van der Waals surface area contributed by atoms with Crippen molar-refractivity contribution in [3.8, 4) is 0 Å². The summed E-state index contributed by atoms with van der Waals surface area (Å²) in [6.45, 7) is 4.39. The Morgan fingerprint density at radius 3 is 2.30 bits per heavy atom. The lowest BCUT2D eigenvalue weighted by atomic mass is 9.88. The van der Waals surface area contributed by atoms with Crippen LogP contribution in [0.25, 0.3) is 0 Å². The first-order chi connectivity index (χ1) is 9.23. The second kappa shape index (κ2) is 9.17. The van der Waals surface area contributed by atoms with Gasteiger partial charge in [-0.1, -0.05) is 13.8 Å². The average Bonchev–Trinajstić information content (AvgIpc) is 2.31. The number of hydrogen-bond acceptors (Lipinski definition) is 3. The zero-order valence-corrected chi connectivity index (χ0v) is 12.4. The molecule has 0 spiro atoms. The van der Waals surface area contributed by atoms with Crippen LogP contribution in [0, 0.1) is 11.8 Å². The van der Waals surface area contributed by atoms with Gasteiger partial charge in [-0.15, -0.1) is 0 Å². The van der Waals surface area contributed by atoms with E-state index >= 15 is 0 Å². The lowest BCUT2D eigenvalue weighted by Gasteiger charge is -2.21. The lowest BCUT2D eigenvalue weighted by Crippen LogP contribution is -2.42. The van der Waals surface area contributed by atoms with Crippen LogP contribution in [-0.2, 0) is 9.59 Å². The maximum Gasteiger partial charge on any atom is 0.317 e. The first-order valence-electron chi connectivity index (χ1n) is 6.73. The molecule has 116 valence electrons. The molecular weight excluding hydrogens is 262 g/mol. The summed E-state index contributed by atoms with van der Waals surface area (Å²) in [5.74, 6) is -0.771. The standard InChI is InChI=1S/C13H25N3O4/c1-9(2)10(4-5-12(18)19)6-7-15-13(20)16(3)8-11(14)17/h9-10H,4-8H2,1-3H3,(H2,14,17)(H,15,20)(H,18,19). The number of carboxylic acids is 1. The van der Waals surface area contributed by atoms with Gasteiger partial charge in [-0.3, -0.25) is 9.59 Å². The largest absolute Gasteiger partial charge is 0.481 e. The zero-order valence-electron chi connectivity index (χ0n) is 12.4. The second-order valence-corrected chi connectivity index (χ2v) is 5.28. The van der Waals surface area contributed by atoms with Gasteiger partial charge in [0.2, 0.25) is 5.91 Å². The van der Waals surface area contributed by atoms with Crippen molar-refractivity contribution in [2.75, 3.05) is 20.1 Å². The minimum Gasteiger partial charge on any atom is -0.481 e. The van der Waals surface area contributed by atoms with Gasteiger partial charge in [0.25, 0.3) is 0 Å². The minimum absolute atomic E-state index is 0.127. The van der Waals surface area contributed by atoms with Crippen LogP contribution in [0.4, 0.5) is 4.79 Å². The van der Waals surface area contributed by atoms with Gasteiger partial charge >= 0.3 is 12.0 Å². The van der Waals surface area contributed by atoms with Gasteiger partial charge in [0, 0.05) is 20.0 Å². The first-order valence-corrected chi connectivity index (χ1v) is 6.73. The van der Waals surface area contributed by atoms with Crippen LogP contribution in [0.5, 0.6) is 0 Å². The molecule has 0 aromatic carbocycles. The number of nitrogens with one attached hydrogen (secondary N) is 1. The Labute approximate surface area is 119 Å². The number of likely N-dealkylation sites (N-methyl/N-ethyl adjacent to an activating group) is 1. The topological polar surface area (TPSA) is 113 Å². The van der Waals surface area contributed by atoms with E-state index in [4.69, 9.17) is 10.8 Å². The lowest BCUT2D eigenvalue weighted by molar-refractivity contribution is -0.137. The number of nitrogens with two attached hydrogens (primary N) is 1. The number of nitrogens with zero attached hydrogens (tertiary/aromatic N) is 1. The normalized spacial score (nSPS) is 12.0. The van der Waals surface area contributed by atoms with E-state index in [-0.39, 0.29) is 24.9 Å². The molecule has 0 saturated heterocycles. The molecule has 0 bridgehead atoms. The summed E-state index contributed by atoms with van der Waals surface area (Å²) in [6.07, 6.45) is 1.44. The number of hydrogen-bond donors (Lipinski definition) is 3. The summed E-state index contributed by atoms with van der Waals surface area (Å²) in [6, 6.07) is -0.357. The highest BCUT2D eigenvalue weighted by atomic mass is 16.4. The molecule has 0 saturated carbocycles. The van der Waals surface area contributed by atoms with Crippen LogP contribution in [-0.4, -0.2) is 48.1 Å². The fourth-order valence-electron chi connectivity index (χ4n) is 1.92. The van der Waals surface area contributed by atoms with Crippen molar-refractivity contribution in [2.45, 2.75) is 33.1 Å². The van der Waals surface area contributed by atoms with Gasteiger partial charge in [-0.25, -0.2) is 4.79 Å². The van der Waals surface area contributed by atoms with Crippen LogP contribution in [0.1, 0.15) is 33.1 Å². The molecular formula is C13H25N3O4. The van der Waals surface area contributed by atoms with Crippen molar-refractivity contribution in [2.24, 2.45) is 17.6 Å². The average molecular weight is 287 g/mol. The molecule has 0 aromatic rings. The summed E-state index contributed by atoms with van der Waals surface area (Å²) < 4.78 is 0. The Bertz CT molecular complexity index is 345. The molecule has 1 atom stereocenters. The molecule has 0 heterocycles. The summed E-state index contributed by atoms with van der Waals surface area (Å²) in [7, 11) is 1.49. The fraction of sp³-hybridized carbons (Fsp3) is 0.769. The Kier molecular flexibility index (Phi) is 8.35. The highest BCUT2D eigenvalue weighted by molar-refractivity contribution is 5.82. The van der Waals surface area contributed by atoms with Crippen LogP contribution in [0.2, 0.25) is 0 Å². The summed E-state index contributed by atoms with van der Waals surface area (Å²) in [5, 5.41) is 11.4. The van der Waals surface area contributed by atoms with Gasteiger partial charge in [0.15, 0.2) is 0 Å². The van der Waals surface area contributed by atoms with Crippen LogP contribution in [0.3, 0.4) is 0 Å². The van der Waals surface area contributed by atoms with E-state index < -0.39 is 11.9 Å². The minimum atomic E-state index is -0.805. The summed E-state index contributed by atoms with van der Waals surface area (Å²) in [5.41, 5.74) is 5.00. The van der Waals surface area contributed by atoms with Gasteiger partial charge in [-0.2, -0.15) is 0 Å². The van der Waals surface area contributed by atoms with E-state index in [1.165, 1.54) is 11.9 Å². The zero-order chi connectivity index (χ0) is 15.7. The molecule has 0 aliphatic rings. The highest BCUT2D eigenvalue weighted by Gasteiger charge is 2.16. The molecule has 0 rings (SSSR count). The monoisotopic (exact) mass is 287 g/mol. The van der Waals surface area contributed by atoms with Crippen LogP contribution < -0.4 is 11.1 Å². The van der Waals surface area contributed by atoms with E-state index in [0.717, 1.165) is 0 Å². The smallest absolute Gasteiger partial charge is 0.317 e. The molecule has 4 N–H and O–H groups in total. The van der Waals surface area contributed by atoms with E-state index in [1.807, 2.05) is 13.8 Å². The number of amides is 3. The third-order valence-electron chi connectivity index (χ3n) is 3.20. The molecule has 7 nitrogen and oxygen atoms in total. The van der Waals surface area contributed by atoms with Gasteiger partial charge < -0.3 is 21.1 Å². The number of aliphatic carboxylic acids is 1. The quantitative estimate of drug-likeness (QED) is 0.577. The van der Waals surface area contributed by atoms with Crippen molar-refractivity contribution in [3.63, 3.8) is 0 Å². The predicted octanol–water partition coefficient (Wildman–Crippen LogP) is 0.640. The second-order valence-electron chi connectivity index (χ2n) is 5.28. The Hall–Kier alpha value is -1.79. The molecule has 3 amide bonds. The third kappa shape index (κ3) is 8.34. The summed E-state index contributed by atoms with van der Waals surface area (Å²) >= 11 is 0. The van der Waals surface area contributed by atoms with Crippen molar-refractivity contribution in [1.29, 1.82) is 0 Å². The molecule has 0 radical (unpaired) electrons. The van der Waals surface area contributed by atoms with Gasteiger partial charge in [0.05, 0.1) is 0 Å². The van der Waals surface area contributed by atoms with E-state index in [0.29, 0.717) is 25.3 Å². The third-order valence-corrected chi connectivity index (χ3v) is 3.20. The number of carbonyl (C=O) groups is 3. The number of primary amides is 1. The molecule has 0 aliphatic heterocycles. The maximum absolute atomic E-state index is 11.6. The van der Waals surface area contributed by atoms with Crippen molar-refractivity contribution >= 4 is 17.9 Å². The predicted molar refractivity (Wildman–Crippen MR) is 75.0 cm³/mol. The number of carbonyl (C=O) groups excluding carboxylic acids is 2. The molecule has 0 fully saturated rings. The van der Waals surface area contributed by atoms with Crippen LogP contribution in [0.15, 0.2) is 0 Å². The SMILES string of the molecule is CC(C)C(CCNC(=O)N(C)CC(N)=O)CCC(=O)O. The van der Waals surface area contributed by atoms with E-state index in [9.17, 15) is 14.4 Å². The molecule has 0 aliphatic carbocycles. The van der Waals surface area contributed by atoms with Gasteiger partial charge in [-0.05, 0) is 24.7 Å². The van der Waals surface area contributed by atoms with Crippen molar-refractivity contribution in [3.05, 3.63) is 0 Å². The Morgan fingerprint density at radius 1 is 1.25 bits per heavy atom. The number of rotatable bonds is 9. The first kappa shape index (κ1) is 18.2. The molecule has 1 unspecified atom stereocenters. The fourth-order valence-corrected chi connectivity index (χ4v) is 1.92. The molecule has 7 heteroatoms. The Balaban J connectivity index is 4.07. The van der Waals surface area contributed by atoms with E-state index in [2.05, 4.69) is 5.32 Å². The number of urea groups is 1. The van der Waals surface area contributed by atoms with Crippen molar-refractivity contribution < 1.29 is 19.5 Å². The van der Waals surface area contributed by atoms with Crippen molar-refractivity contribution in [1.82, 2.24) is 10.2 Å². The Morgan fingerprint density at radius 2 is 1.85 bits per heavy atom.